The number of halogens is 1. The molecule has 0 saturated carbocycles. The van der Waals surface area contributed by atoms with Gasteiger partial charge in [-0.1, -0.05) is 5.92 Å². The van der Waals surface area contributed by atoms with E-state index in [0.717, 1.165) is 5.56 Å². The quantitative estimate of drug-likeness (QED) is 0.605. The molecule has 0 amide bonds. The summed E-state index contributed by atoms with van der Waals surface area (Å²) in [5, 5.41) is 7.51. The summed E-state index contributed by atoms with van der Waals surface area (Å²) in [4.78, 5) is 0. The lowest BCUT2D eigenvalue weighted by Gasteiger charge is -1.89. The standard InChI is InChI=1S/C12H7FN2/c13-11-6-3-10(4-7-11)5-8-12-2-1-9-14-15-12/h1-4,6-7,9H. The molecule has 0 unspecified atom stereocenters. The van der Waals surface area contributed by atoms with Crippen molar-refractivity contribution in [3.63, 3.8) is 0 Å². The van der Waals surface area contributed by atoms with Gasteiger partial charge >= 0.3 is 0 Å². The first-order chi connectivity index (χ1) is 7.34. The first-order valence-corrected chi connectivity index (χ1v) is 4.40. The zero-order chi connectivity index (χ0) is 10.5. The van der Waals surface area contributed by atoms with Gasteiger partial charge in [0.15, 0.2) is 0 Å². The first-order valence-electron chi connectivity index (χ1n) is 4.40. The first kappa shape index (κ1) is 9.35. The van der Waals surface area contributed by atoms with Crippen LogP contribution in [0.3, 0.4) is 0 Å². The lowest BCUT2D eigenvalue weighted by Crippen LogP contribution is -1.84. The molecule has 0 saturated heterocycles. The van der Waals surface area contributed by atoms with Crippen molar-refractivity contribution in [3.05, 3.63) is 59.7 Å². The third kappa shape index (κ3) is 2.61. The zero-order valence-corrected chi connectivity index (χ0v) is 7.81. The highest BCUT2D eigenvalue weighted by molar-refractivity contribution is 5.39. The van der Waals surface area contributed by atoms with Gasteiger partial charge in [-0.15, -0.1) is 5.10 Å². The van der Waals surface area contributed by atoms with E-state index in [9.17, 15) is 4.39 Å². The van der Waals surface area contributed by atoms with Crippen LogP contribution in [0.25, 0.3) is 0 Å². The molecule has 72 valence electrons. The van der Waals surface area contributed by atoms with Crippen molar-refractivity contribution in [1.82, 2.24) is 10.2 Å². The number of hydrogen-bond donors (Lipinski definition) is 0. The zero-order valence-electron chi connectivity index (χ0n) is 7.81. The van der Waals surface area contributed by atoms with Gasteiger partial charge in [0.05, 0.1) is 0 Å². The average molecular weight is 198 g/mol. The predicted octanol–water partition coefficient (Wildman–Crippen LogP) is 2.02. The van der Waals surface area contributed by atoms with Crippen LogP contribution >= 0.6 is 0 Å². The summed E-state index contributed by atoms with van der Waals surface area (Å²) >= 11 is 0. The van der Waals surface area contributed by atoms with Crippen LogP contribution in [0.15, 0.2) is 42.6 Å². The topological polar surface area (TPSA) is 25.8 Å². The minimum Gasteiger partial charge on any atom is -0.207 e. The molecule has 2 aromatic rings. The molecule has 0 radical (unpaired) electrons. The smallest absolute Gasteiger partial charge is 0.136 e. The highest BCUT2D eigenvalue weighted by Crippen LogP contribution is 2.00. The SMILES string of the molecule is Fc1ccc(C#Cc2cccnn2)cc1. The van der Waals surface area contributed by atoms with Gasteiger partial charge in [-0.25, -0.2) is 4.39 Å². The molecule has 0 fully saturated rings. The predicted molar refractivity (Wildman–Crippen MR) is 54.4 cm³/mol. The van der Waals surface area contributed by atoms with Crippen LogP contribution in [0.2, 0.25) is 0 Å². The molecule has 0 spiro atoms. The van der Waals surface area contributed by atoms with Gasteiger partial charge in [0.25, 0.3) is 0 Å². The summed E-state index contributed by atoms with van der Waals surface area (Å²) in [5.41, 5.74) is 1.35. The van der Waals surface area contributed by atoms with E-state index >= 15 is 0 Å². The Morgan fingerprint density at radius 2 is 1.80 bits per heavy atom. The minimum absolute atomic E-state index is 0.264. The maximum absolute atomic E-state index is 12.6. The van der Waals surface area contributed by atoms with Crippen molar-refractivity contribution in [2.45, 2.75) is 0 Å². The van der Waals surface area contributed by atoms with Crippen molar-refractivity contribution in [2.24, 2.45) is 0 Å². The van der Waals surface area contributed by atoms with E-state index in [-0.39, 0.29) is 5.82 Å². The Morgan fingerprint density at radius 1 is 1.00 bits per heavy atom. The summed E-state index contributed by atoms with van der Waals surface area (Å²) in [6.07, 6.45) is 1.59. The van der Waals surface area contributed by atoms with Gasteiger partial charge in [-0.05, 0) is 42.3 Å². The number of hydrogen-bond acceptors (Lipinski definition) is 2. The van der Waals surface area contributed by atoms with E-state index in [1.54, 1.807) is 30.5 Å². The Morgan fingerprint density at radius 3 is 2.47 bits per heavy atom. The maximum Gasteiger partial charge on any atom is 0.136 e. The molecular formula is C12H7FN2. The molecule has 2 nitrogen and oxygen atoms in total. The fraction of sp³-hybridized carbons (Fsp3) is 0. The van der Waals surface area contributed by atoms with Crippen molar-refractivity contribution < 1.29 is 4.39 Å². The van der Waals surface area contributed by atoms with Crippen molar-refractivity contribution in [2.75, 3.05) is 0 Å². The summed E-state index contributed by atoms with van der Waals surface area (Å²) in [6, 6.07) is 9.53. The average Bonchev–Trinajstić information content (AvgIpc) is 2.30. The largest absolute Gasteiger partial charge is 0.207 e. The molecule has 2 rings (SSSR count). The highest BCUT2D eigenvalue weighted by atomic mass is 19.1. The Hall–Kier alpha value is -2.21. The minimum atomic E-state index is -0.264. The van der Waals surface area contributed by atoms with Crippen LogP contribution in [0.4, 0.5) is 4.39 Å². The van der Waals surface area contributed by atoms with Gasteiger partial charge < -0.3 is 0 Å². The Bertz CT molecular complexity index is 495. The van der Waals surface area contributed by atoms with Crippen molar-refractivity contribution in [3.8, 4) is 11.8 Å². The molecule has 0 aliphatic carbocycles. The van der Waals surface area contributed by atoms with E-state index < -0.39 is 0 Å². The van der Waals surface area contributed by atoms with Crippen LogP contribution in [-0.2, 0) is 0 Å². The van der Waals surface area contributed by atoms with Crippen LogP contribution < -0.4 is 0 Å². The maximum atomic E-state index is 12.6. The molecule has 1 heterocycles. The Balaban J connectivity index is 2.22. The summed E-state index contributed by atoms with van der Waals surface area (Å²) in [7, 11) is 0. The molecule has 3 heteroatoms. The van der Waals surface area contributed by atoms with Crippen LogP contribution in [0, 0.1) is 17.7 Å². The van der Waals surface area contributed by atoms with E-state index in [4.69, 9.17) is 0 Å². The van der Waals surface area contributed by atoms with E-state index in [0.29, 0.717) is 5.69 Å². The van der Waals surface area contributed by atoms with Gasteiger partial charge in [-0.3, -0.25) is 0 Å². The summed E-state index contributed by atoms with van der Waals surface area (Å²) in [6.45, 7) is 0. The second-order valence-corrected chi connectivity index (χ2v) is 2.87. The normalized spacial score (nSPS) is 9.13. The number of rotatable bonds is 0. The van der Waals surface area contributed by atoms with E-state index in [1.165, 1.54) is 12.1 Å². The third-order valence-corrected chi connectivity index (χ3v) is 1.75. The van der Waals surface area contributed by atoms with Gasteiger partial charge in [0.1, 0.15) is 11.5 Å². The van der Waals surface area contributed by atoms with Crippen molar-refractivity contribution in [1.29, 1.82) is 0 Å². The second-order valence-electron chi connectivity index (χ2n) is 2.87. The fourth-order valence-corrected chi connectivity index (χ4v) is 1.04. The molecule has 15 heavy (non-hydrogen) atoms. The van der Waals surface area contributed by atoms with E-state index in [1.807, 2.05) is 0 Å². The Kier molecular flexibility index (Phi) is 2.70. The van der Waals surface area contributed by atoms with Gasteiger partial charge in [0.2, 0.25) is 0 Å². The van der Waals surface area contributed by atoms with E-state index in [2.05, 4.69) is 22.0 Å². The third-order valence-electron chi connectivity index (χ3n) is 1.75. The van der Waals surface area contributed by atoms with Gasteiger partial charge in [0, 0.05) is 11.8 Å². The molecule has 0 aliphatic heterocycles. The molecule has 0 aliphatic rings. The van der Waals surface area contributed by atoms with Gasteiger partial charge in [-0.2, -0.15) is 5.10 Å². The number of benzene rings is 1. The summed E-state index contributed by atoms with van der Waals surface area (Å²) in [5.74, 6) is 5.44. The summed E-state index contributed by atoms with van der Waals surface area (Å²) < 4.78 is 12.6. The van der Waals surface area contributed by atoms with Crippen LogP contribution in [0.1, 0.15) is 11.3 Å². The van der Waals surface area contributed by atoms with Crippen LogP contribution in [-0.4, -0.2) is 10.2 Å². The molecule has 1 aromatic heterocycles. The van der Waals surface area contributed by atoms with Crippen molar-refractivity contribution >= 4 is 0 Å². The number of nitrogens with zero attached hydrogens (tertiary/aromatic N) is 2. The lowest BCUT2D eigenvalue weighted by atomic mass is 10.2. The molecule has 1 aromatic carbocycles. The number of aromatic nitrogens is 2. The molecule has 0 N–H and O–H groups in total. The highest BCUT2D eigenvalue weighted by Gasteiger charge is 1.89. The Labute approximate surface area is 86.8 Å². The molecule has 0 bridgehead atoms. The fourth-order valence-electron chi connectivity index (χ4n) is 1.04. The van der Waals surface area contributed by atoms with Crippen LogP contribution in [0.5, 0.6) is 0 Å². The lowest BCUT2D eigenvalue weighted by molar-refractivity contribution is 0.627. The monoisotopic (exact) mass is 198 g/mol. The molecule has 0 atom stereocenters. The second kappa shape index (κ2) is 4.34. The molecular weight excluding hydrogens is 191 g/mol.